The van der Waals surface area contributed by atoms with Crippen LogP contribution in [0.15, 0.2) is 4.99 Å². The molecule has 2 N–H and O–H groups in total. The average Bonchev–Trinajstić information content (AvgIpc) is 2.48. The van der Waals surface area contributed by atoms with Crippen LogP contribution in [0, 0.1) is 11.3 Å². The summed E-state index contributed by atoms with van der Waals surface area (Å²) in [6.45, 7) is 11.5. The van der Waals surface area contributed by atoms with Crippen LogP contribution in [0.3, 0.4) is 0 Å². The predicted octanol–water partition coefficient (Wildman–Crippen LogP) is 1.70. The van der Waals surface area contributed by atoms with Gasteiger partial charge in [0.25, 0.3) is 0 Å². The molecule has 0 spiro atoms. The van der Waals surface area contributed by atoms with Crippen LogP contribution in [0.5, 0.6) is 0 Å². The fraction of sp³-hybridized carbons (Fsp3) is 0.941. The van der Waals surface area contributed by atoms with E-state index in [2.05, 4.69) is 34.4 Å². The molecule has 1 aliphatic heterocycles. The van der Waals surface area contributed by atoms with Gasteiger partial charge in [-0.15, -0.1) is 0 Å². The summed E-state index contributed by atoms with van der Waals surface area (Å²) in [7, 11) is 1.86. The molecule has 0 aromatic rings. The van der Waals surface area contributed by atoms with E-state index in [0.29, 0.717) is 5.41 Å². The van der Waals surface area contributed by atoms with Gasteiger partial charge in [0.15, 0.2) is 5.96 Å². The van der Waals surface area contributed by atoms with Crippen molar-refractivity contribution < 1.29 is 4.74 Å². The van der Waals surface area contributed by atoms with E-state index in [-0.39, 0.29) is 0 Å². The Hall–Kier alpha value is -0.810. The first-order chi connectivity index (χ1) is 10.6. The molecule has 2 rings (SSSR count). The number of aliphatic imine (C=N–C) groups is 1. The standard InChI is InChI=1S/C17H34N4O/c1-15(2)13-17(5-4-6-17)14-20-16(18-3)19-7-8-21-9-11-22-12-10-21/h15H,4-14H2,1-3H3,(H2,18,19,20). The molecule has 0 unspecified atom stereocenters. The second kappa shape index (κ2) is 8.73. The zero-order chi connectivity index (χ0) is 15.8. The lowest BCUT2D eigenvalue weighted by atomic mass is 9.64. The van der Waals surface area contributed by atoms with Crippen LogP contribution in [0.4, 0.5) is 0 Å². The van der Waals surface area contributed by atoms with Gasteiger partial charge in [0.05, 0.1) is 13.2 Å². The first-order valence-electron chi connectivity index (χ1n) is 8.88. The van der Waals surface area contributed by atoms with E-state index in [4.69, 9.17) is 4.74 Å². The van der Waals surface area contributed by atoms with E-state index < -0.39 is 0 Å². The summed E-state index contributed by atoms with van der Waals surface area (Å²) in [6.07, 6.45) is 5.44. The lowest BCUT2D eigenvalue weighted by Gasteiger charge is -2.43. The molecule has 1 saturated carbocycles. The van der Waals surface area contributed by atoms with E-state index in [1.54, 1.807) is 0 Å². The highest BCUT2D eigenvalue weighted by Gasteiger charge is 2.37. The summed E-state index contributed by atoms with van der Waals surface area (Å²) >= 11 is 0. The Kier molecular flexibility index (Phi) is 6.96. The maximum absolute atomic E-state index is 5.38. The van der Waals surface area contributed by atoms with Crippen molar-refractivity contribution >= 4 is 5.96 Å². The number of rotatable bonds is 7. The Morgan fingerprint density at radius 3 is 2.50 bits per heavy atom. The van der Waals surface area contributed by atoms with E-state index in [0.717, 1.165) is 57.8 Å². The van der Waals surface area contributed by atoms with Crippen molar-refractivity contribution in [3.05, 3.63) is 0 Å². The van der Waals surface area contributed by atoms with Crippen molar-refractivity contribution in [1.82, 2.24) is 15.5 Å². The SMILES string of the molecule is CN=C(NCCN1CCOCC1)NCC1(CC(C)C)CCC1. The normalized spacial score (nSPS) is 22.5. The third-order valence-corrected chi connectivity index (χ3v) is 4.93. The van der Waals surface area contributed by atoms with Gasteiger partial charge in [-0.3, -0.25) is 9.89 Å². The van der Waals surface area contributed by atoms with Crippen LogP contribution in [0.25, 0.3) is 0 Å². The first kappa shape index (κ1) is 17.5. The molecule has 0 atom stereocenters. The van der Waals surface area contributed by atoms with E-state index >= 15 is 0 Å². The minimum atomic E-state index is 0.510. The maximum atomic E-state index is 5.38. The van der Waals surface area contributed by atoms with Crippen molar-refractivity contribution in [2.75, 3.05) is 53.0 Å². The van der Waals surface area contributed by atoms with Gasteiger partial charge < -0.3 is 15.4 Å². The van der Waals surface area contributed by atoms with Gasteiger partial charge >= 0.3 is 0 Å². The van der Waals surface area contributed by atoms with Crippen LogP contribution in [0.1, 0.15) is 39.5 Å². The van der Waals surface area contributed by atoms with Crippen LogP contribution in [0.2, 0.25) is 0 Å². The number of hydrogen-bond acceptors (Lipinski definition) is 3. The molecule has 5 heteroatoms. The predicted molar refractivity (Wildman–Crippen MR) is 92.4 cm³/mol. The topological polar surface area (TPSA) is 48.9 Å². The van der Waals surface area contributed by atoms with Gasteiger partial charge in [0.2, 0.25) is 0 Å². The zero-order valence-corrected chi connectivity index (χ0v) is 14.7. The van der Waals surface area contributed by atoms with Gasteiger partial charge in [-0.1, -0.05) is 20.3 Å². The Labute approximate surface area is 135 Å². The molecule has 0 aromatic heterocycles. The number of morpholine rings is 1. The summed E-state index contributed by atoms with van der Waals surface area (Å²) in [5.74, 6) is 1.72. The monoisotopic (exact) mass is 310 g/mol. The lowest BCUT2D eigenvalue weighted by molar-refractivity contribution is 0.0389. The Bertz CT molecular complexity index is 347. The summed E-state index contributed by atoms with van der Waals surface area (Å²) in [4.78, 5) is 6.80. The minimum absolute atomic E-state index is 0.510. The maximum Gasteiger partial charge on any atom is 0.191 e. The Balaban J connectivity index is 1.66. The largest absolute Gasteiger partial charge is 0.379 e. The smallest absolute Gasteiger partial charge is 0.191 e. The van der Waals surface area contributed by atoms with Gasteiger partial charge in [0.1, 0.15) is 0 Å². The lowest BCUT2D eigenvalue weighted by Crippen LogP contribution is -2.48. The quantitative estimate of drug-likeness (QED) is 0.555. The molecule has 1 saturated heterocycles. The molecule has 0 amide bonds. The van der Waals surface area contributed by atoms with Crippen LogP contribution < -0.4 is 10.6 Å². The van der Waals surface area contributed by atoms with E-state index in [9.17, 15) is 0 Å². The average molecular weight is 310 g/mol. The van der Waals surface area contributed by atoms with Crippen LogP contribution in [-0.2, 0) is 4.74 Å². The highest BCUT2D eigenvalue weighted by atomic mass is 16.5. The molecule has 128 valence electrons. The molecule has 22 heavy (non-hydrogen) atoms. The fourth-order valence-corrected chi connectivity index (χ4v) is 3.64. The summed E-state index contributed by atoms with van der Waals surface area (Å²) in [6, 6.07) is 0. The van der Waals surface area contributed by atoms with Crippen molar-refractivity contribution in [3.63, 3.8) is 0 Å². The number of ether oxygens (including phenoxy) is 1. The second-order valence-corrected chi connectivity index (χ2v) is 7.26. The Morgan fingerprint density at radius 2 is 1.95 bits per heavy atom. The van der Waals surface area contributed by atoms with Crippen LogP contribution in [-0.4, -0.2) is 63.8 Å². The van der Waals surface area contributed by atoms with Crippen molar-refractivity contribution in [3.8, 4) is 0 Å². The fourth-order valence-electron chi connectivity index (χ4n) is 3.64. The highest BCUT2D eigenvalue weighted by molar-refractivity contribution is 5.79. The summed E-state index contributed by atoms with van der Waals surface area (Å²) in [5, 5.41) is 7.00. The molecule has 0 aromatic carbocycles. The molecule has 0 bridgehead atoms. The van der Waals surface area contributed by atoms with Gasteiger partial charge in [0, 0.05) is 39.8 Å². The molecule has 1 aliphatic carbocycles. The van der Waals surface area contributed by atoms with Crippen molar-refractivity contribution in [1.29, 1.82) is 0 Å². The molecule has 2 fully saturated rings. The number of guanidine groups is 1. The van der Waals surface area contributed by atoms with Gasteiger partial charge in [-0.25, -0.2) is 0 Å². The molecule has 5 nitrogen and oxygen atoms in total. The number of hydrogen-bond donors (Lipinski definition) is 2. The summed E-state index contributed by atoms with van der Waals surface area (Å²) < 4.78 is 5.38. The molecular weight excluding hydrogens is 276 g/mol. The van der Waals surface area contributed by atoms with Crippen molar-refractivity contribution in [2.24, 2.45) is 16.3 Å². The first-order valence-corrected chi connectivity index (χ1v) is 8.88. The molecule has 0 radical (unpaired) electrons. The van der Waals surface area contributed by atoms with Gasteiger partial charge in [-0.2, -0.15) is 0 Å². The molecular formula is C17H34N4O. The molecule has 2 aliphatic rings. The zero-order valence-electron chi connectivity index (χ0n) is 14.7. The van der Waals surface area contributed by atoms with E-state index in [1.807, 2.05) is 7.05 Å². The minimum Gasteiger partial charge on any atom is -0.379 e. The third-order valence-electron chi connectivity index (χ3n) is 4.93. The highest BCUT2D eigenvalue weighted by Crippen LogP contribution is 2.45. The van der Waals surface area contributed by atoms with Gasteiger partial charge in [-0.05, 0) is 30.6 Å². The van der Waals surface area contributed by atoms with E-state index in [1.165, 1.54) is 25.7 Å². The van der Waals surface area contributed by atoms with Crippen LogP contribution >= 0.6 is 0 Å². The number of nitrogens with zero attached hydrogens (tertiary/aromatic N) is 2. The number of nitrogens with one attached hydrogen (secondary N) is 2. The van der Waals surface area contributed by atoms with Crippen molar-refractivity contribution in [2.45, 2.75) is 39.5 Å². The third kappa shape index (κ3) is 5.43. The second-order valence-electron chi connectivity index (χ2n) is 7.26. The summed E-state index contributed by atoms with van der Waals surface area (Å²) in [5.41, 5.74) is 0.510. The molecule has 1 heterocycles. The Morgan fingerprint density at radius 1 is 1.23 bits per heavy atom.